The highest BCUT2D eigenvalue weighted by Gasteiger charge is 2.46. The van der Waals surface area contributed by atoms with Gasteiger partial charge in [0.2, 0.25) is 0 Å². The van der Waals surface area contributed by atoms with E-state index in [-0.39, 0.29) is 59.5 Å². The summed E-state index contributed by atoms with van der Waals surface area (Å²) in [4.78, 5) is 23.3. The molecule has 3 saturated heterocycles. The molecule has 3 aliphatic heterocycles. The smallest absolute Gasteiger partial charge is 0.305 e. The van der Waals surface area contributed by atoms with Crippen molar-refractivity contribution in [3.63, 3.8) is 0 Å². The highest BCUT2D eigenvalue weighted by atomic mass is 28.4. The summed E-state index contributed by atoms with van der Waals surface area (Å²) < 4.78 is 31.4. The molecule has 0 saturated carbocycles. The van der Waals surface area contributed by atoms with Gasteiger partial charge in [0.15, 0.2) is 8.32 Å². The average Bonchev–Trinajstić information content (AvgIpc) is 3.44. The second kappa shape index (κ2) is 16.0. The first kappa shape index (κ1) is 37.1. The minimum Gasteiger partial charge on any atom is -0.469 e. The number of esters is 1. The van der Waals surface area contributed by atoms with Gasteiger partial charge in [-0.1, -0.05) is 54.7 Å². The van der Waals surface area contributed by atoms with E-state index >= 15 is 0 Å². The molecule has 7 nitrogen and oxygen atoms in total. The molecule has 3 heterocycles. The largest absolute Gasteiger partial charge is 0.469 e. The van der Waals surface area contributed by atoms with Crippen LogP contribution in [0.3, 0.4) is 0 Å². The summed E-state index contributed by atoms with van der Waals surface area (Å²) in [6.07, 6.45) is 7.76. The fourth-order valence-electron chi connectivity index (χ4n) is 6.87. The maximum atomic E-state index is 12.5. The fourth-order valence-corrected chi connectivity index (χ4v) is 8.00. The summed E-state index contributed by atoms with van der Waals surface area (Å²) in [5.41, 5.74) is 2.24. The molecule has 0 aromatic rings. The zero-order valence-corrected chi connectivity index (χ0v) is 30.2. The first-order valence-electron chi connectivity index (χ1n) is 17.0. The van der Waals surface area contributed by atoms with Crippen LogP contribution in [0.25, 0.3) is 0 Å². The van der Waals surface area contributed by atoms with E-state index in [0.29, 0.717) is 31.1 Å². The van der Waals surface area contributed by atoms with E-state index in [0.717, 1.165) is 62.6 Å². The number of carbonyl (C=O) groups excluding carboxylic acids is 2. The van der Waals surface area contributed by atoms with Crippen molar-refractivity contribution < 1.29 is 33.0 Å². The van der Waals surface area contributed by atoms with Gasteiger partial charge in [-0.3, -0.25) is 4.79 Å². The molecule has 0 radical (unpaired) electrons. The number of methoxy groups -OCH3 is 1. The quantitative estimate of drug-likeness (QED) is 0.0786. The fraction of sp³-hybridized carbons (Fsp3) is 0.833. The summed E-state index contributed by atoms with van der Waals surface area (Å²) >= 11 is 0. The molecular weight excluding hydrogens is 572 g/mol. The normalized spacial score (nSPS) is 33.9. The van der Waals surface area contributed by atoms with Crippen molar-refractivity contribution >= 4 is 20.6 Å². The summed E-state index contributed by atoms with van der Waals surface area (Å²) in [7, 11) is -0.367. The third-order valence-electron chi connectivity index (χ3n) is 11.0. The SMILES string of the molecule is C=C1C[C@H](CCC=O)OC1CC[C@H]1C[C@@H](C)C(=C)C(C[C@@H]2O[C@H](C[C@H](C)CO[Si](C)(C)C(C)(C)C)[C@H](C)C2CC(=O)OC)O1. The van der Waals surface area contributed by atoms with Crippen LogP contribution >= 0.6 is 0 Å². The number of carbonyl (C=O) groups is 2. The molecule has 0 spiro atoms. The monoisotopic (exact) mass is 634 g/mol. The van der Waals surface area contributed by atoms with Gasteiger partial charge in [-0.25, -0.2) is 0 Å². The van der Waals surface area contributed by atoms with Gasteiger partial charge in [-0.2, -0.15) is 0 Å². The van der Waals surface area contributed by atoms with Crippen LogP contribution in [0.15, 0.2) is 24.3 Å². The Bertz CT molecular complexity index is 987. The second-order valence-corrected chi connectivity index (χ2v) is 20.4. The second-order valence-electron chi connectivity index (χ2n) is 15.6. The van der Waals surface area contributed by atoms with Gasteiger partial charge in [-0.15, -0.1) is 0 Å². The van der Waals surface area contributed by atoms with Crippen LogP contribution in [0, 0.1) is 23.7 Å². The van der Waals surface area contributed by atoms with E-state index in [4.69, 9.17) is 23.4 Å². The van der Waals surface area contributed by atoms with Crippen LogP contribution in [0.5, 0.6) is 0 Å². The molecule has 0 aromatic carbocycles. The summed E-state index contributed by atoms with van der Waals surface area (Å²) in [6, 6.07) is 0. The number of hydrogen-bond donors (Lipinski definition) is 0. The molecule has 44 heavy (non-hydrogen) atoms. The third kappa shape index (κ3) is 9.84. The van der Waals surface area contributed by atoms with Crippen molar-refractivity contribution in [3.8, 4) is 0 Å². The highest BCUT2D eigenvalue weighted by molar-refractivity contribution is 6.74. The molecule has 8 heteroatoms. The van der Waals surface area contributed by atoms with Crippen molar-refractivity contribution in [1.29, 1.82) is 0 Å². The maximum absolute atomic E-state index is 12.5. The van der Waals surface area contributed by atoms with Crippen LogP contribution < -0.4 is 0 Å². The topological polar surface area (TPSA) is 80.3 Å². The Morgan fingerprint density at radius 3 is 2.36 bits per heavy atom. The molecular formula is C36H62O7Si. The predicted molar refractivity (Wildman–Crippen MR) is 178 cm³/mol. The molecule has 0 N–H and O–H groups in total. The molecule has 3 unspecified atom stereocenters. The van der Waals surface area contributed by atoms with Crippen LogP contribution in [0.2, 0.25) is 18.1 Å². The molecule has 10 atom stereocenters. The average molecular weight is 635 g/mol. The number of rotatable bonds is 15. The lowest BCUT2D eigenvalue weighted by Gasteiger charge is -2.38. The number of ether oxygens (including phenoxy) is 4. The zero-order valence-electron chi connectivity index (χ0n) is 29.2. The van der Waals surface area contributed by atoms with Crippen molar-refractivity contribution in [2.75, 3.05) is 13.7 Å². The van der Waals surface area contributed by atoms with Crippen LogP contribution in [0.1, 0.15) is 99.3 Å². The van der Waals surface area contributed by atoms with Crippen LogP contribution in [-0.2, 0) is 33.0 Å². The molecule has 3 aliphatic rings. The van der Waals surface area contributed by atoms with Gasteiger partial charge in [-0.05, 0) is 85.6 Å². The molecule has 3 fully saturated rings. The van der Waals surface area contributed by atoms with E-state index in [2.05, 4.69) is 67.8 Å². The molecule has 0 amide bonds. The standard InChI is InChI=1S/C36H62O7Si/c1-23(22-40-44(10,11)36(6,7)8)17-32-27(5)30(20-35(38)39-9)34(43-32)21-33-26(4)24(2)18-29(42-33)14-15-31-25(3)19-28(41-31)13-12-16-37/h16,23-24,27-34H,3-4,12-15,17-22H2,1-2,5-11H3/t23-,24+,27+,28-,29-,30?,31?,32+,33?,34-/m0/s1. The lowest BCUT2D eigenvalue weighted by atomic mass is 9.79. The van der Waals surface area contributed by atoms with Crippen LogP contribution in [0.4, 0.5) is 0 Å². The minimum atomic E-state index is -1.83. The van der Waals surface area contributed by atoms with Crippen LogP contribution in [-0.4, -0.2) is 70.9 Å². The van der Waals surface area contributed by atoms with Gasteiger partial charge >= 0.3 is 5.97 Å². The Morgan fingerprint density at radius 2 is 1.73 bits per heavy atom. The van der Waals surface area contributed by atoms with E-state index in [1.165, 1.54) is 7.11 Å². The lowest BCUT2D eigenvalue weighted by Crippen LogP contribution is -2.42. The van der Waals surface area contributed by atoms with Gasteiger partial charge in [0.1, 0.15) is 6.29 Å². The number of aldehydes is 1. The predicted octanol–water partition coefficient (Wildman–Crippen LogP) is 7.83. The van der Waals surface area contributed by atoms with Gasteiger partial charge in [0.25, 0.3) is 0 Å². The Labute approximate surface area is 269 Å². The van der Waals surface area contributed by atoms with Gasteiger partial charge < -0.3 is 28.2 Å². The first-order chi connectivity index (χ1) is 20.6. The van der Waals surface area contributed by atoms with E-state index < -0.39 is 8.32 Å². The van der Waals surface area contributed by atoms with Crippen molar-refractivity contribution in [1.82, 2.24) is 0 Å². The summed E-state index contributed by atoms with van der Waals surface area (Å²) in [5, 5.41) is 0.176. The third-order valence-corrected chi connectivity index (χ3v) is 15.5. The minimum absolute atomic E-state index is 0.0287. The van der Waals surface area contributed by atoms with Gasteiger partial charge in [0.05, 0.1) is 50.2 Å². The van der Waals surface area contributed by atoms with Crippen molar-refractivity contribution in [2.45, 2.75) is 154 Å². The van der Waals surface area contributed by atoms with E-state index in [1.54, 1.807) is 0 Å². The Balaban J connectivity index is 1.62. The molecule has 0 aromatic heterocycles. The Morgan fingerprint density at radius 1 is 1.05 bits per heavy atom. The zero-order chi connectivity index (χ0) is 32.8. The van der Waals surface area contributed by atoms with Crippen molar-refractivity contribution in [3.05, 3.63) is 24.3 Å². The first-order valence-corrected chi connectivity index (χ1v) is 19.9. The van der Waals surface area contributed by atoms with E-state index in [1.807, 2.05) is 0 Å². The molecule has 252 valence electrons. The summed E-state index contributed by atoms with van der Waals surface area (Å²) in [5.74, 6) is 0.782. The molecule has 0 aliphatic carbocycles. The Kier molecular flexibility index (Phi) is 13.5. The van der Waals surface area contributed by atoms with E-state index in [9.17, 15) is 9.59 Å². The van der Waals surface area contributed by atoms with Crippen molar-refractivity contribution in [2.24, 2.45) is 23.7 Å². The number of hydrogen-bond acceptors (Lipinski definition) is 7. The highest BCUT2D eigenvalue weighted by Crippen LogP contribution is 2.43. The molecule has 3 rings (SSSR count). The molecule has 0 bridgehead atoms. The van der Waals surface area contributed by atoms with Gasteiger partial charge in [0, 0.05) is 25.4 Å². The lowest BCUT2D eigenvalue weighted by molar-refractivity contribution is -0.142. The maximum Gasteiger partial charge on any atom is 0.305 e. The summed E-state index contributed by atoms with van der Waals surface area (Å²) in [6.45, 7) is 27.5. The Hall–Kier alpha value is -1.32.